The fourth-order valence-electron chi connectivity index (χ4n) is 2.35. The van der Waals surface area contributed by atoms with Gasteiger partial charge in [-0.2, -0.15) is 0 Å². The minimum Gasteiger partial charge on any atom is -0.481 e. The number of rotatable bonds is 3. The second-order valence-electron chi connectivity index (χ2n) is 4.85. The highest BCUT2D eigenvalue weighted by Gasteiger charge is 2.26. The lowest BCUT2D eigenvalue weighted by Crippen LogP contribution is -2.18. The molecule has 1 unspecified atom stereocenters. The first kappa shape index (κ1) is 12.0. The second-order valence-corrected chi connectivity index (χ2v) is 4.85. The smallest absolute Gasteiger partial charge is 0.310 e. The Kier molecular flexibility index (Phi) is 3.13. The van der Waals surface area contributed by atoms with Crippen molar-refractivity contribution < 1.29 is 9.90 Å². The van der Waals surface area contributed by atoms with E-state index in [1.165, 1.54) is 6.42 Å². The summed E-state index contributed by atoms with van der Waals surface area (Å²) in [6.07, 6.45) is 3.57. The topological polar surface area (TPSA) is 63.1 Å². The maximum absolute atomic E-state index is 11.0. The molecule has 92 valence electrons. The van der Waals surface area contributed by atoms with Crippen LogP contribution in [0, 0.1) is 13.8 Å². The molecule has 0 spiro atoms. The molecule has 4 nitrogen and oxygen atoms in total. The van der Waals surface area contributed by atoms with E-state index < -0.39 is 11.9 Å². The molecule has 1 aliphatic carbocycles. The minimum absolute atomic E-state index is 0.488. The van der Waals surface area contributed by atoms with E-state index in [0.29, 0.717) is 5.92 Å². The standard InChI is InChI=1S/C13H18N2O2/c1-7(13(16)17)11-8(2)14-12(15-9(11)3)10-5-4-6-10/h7,10H,4-6H2,1-3H3,(H,16,17). The number of aliphatic carboxylic acids is 1. The number of aromatic nitrogens is 2. The van der Waals surface area contributed by atoms with Crippen LogP contribution in [0.4, 0.5) is 0 Å². The van der Waals surface area contributed by atoms with Crippen molar-refractivity contribution in [1.82, 2.24) is 9.97 Å². The summed E-state index contributed by atoms with van der Waals surface area (Å²) < 4.78 is 0. The lowest BCUT2D eigenvalue weighted by molar-refractivity contribution is -0.138. The largest absolute Gasteiger partial charge is 0.481 e. The minimum atomic E-state index is -0.823. The molecule has 1 atom stereocenters. The molecule has 0 bridgehead atoms. The molecule has 0 saturated heterocycles. The van der Waals surface area contributed by atoms with E-state index in [1.807, 2.05) is 13.8 Å². The van der Waals surface area contributed by atoms with Gasteiger partial charge in [-0.3, -0.25) is 4.79 Å². The van der Waals surface area contributed by atoms with Crippen LogP contribution in [0.1, 0.15) is 60.8 Å². The summed E-state index contributed by atoms with van der Waals surface area (Å²) in [4.78, 5) is 20.0. The van der Waals surface area contributed by atoms with E-state index in [-0.39, 0.29) is 0 Å². The third-order valence-electron chi connectivity index (χ3n) is 3.62. The highest BCUT2D eigenvalue weighted by molar-refractivity contribution is 5.76. The fourth-order valence-corrected chi connectivity index (χ4v) is 2.35. The fraction of sp³-hybridized carbons (Fsp3) is 0.615. The van der Waals surface area contributed by atoms with E-state index in [0.717, 1.165) is 35.6 Å². The molecule has 1 saturated carbocycles. The van der Waals surface area contributed by atoms with E-state index in [2.05, 4.69) is 9.97 Å². The van der Waals surface area contributed by atoms with Crippen LogP contribution in [0.15, 0.2) is 0 Å². The number of carbonyl (C=O) groups is 1. The normalized spacial score (nSPS) is 17.6. The first-order valence-electron chi connectivity index (χ1n) is 6.08. The van der Waals surface area contributed by atoms with Crippen molar-refractivity contribution in [2.75, 3.05) is 0 Å². The number of hydrogen-bond donors (Lipinski definition) is 1. The summed E-state index contributed by atoms with van der Waals surface area (Å²) in [6.45, 7) is 5.45. The number of carboxylic acid groups (broad SMARTS) is 1. The van der Waals surface area contributed by atoms with Crippen LogP contribution < -0.4 is 0 Å². The monoisotopic (exact) mass is 234 g/mol. The zero-order chi connectivity index (χ0) is 12.6. The summed E-state index contributed by atoms with van der Waals surface area (Å²) in [5, 5.41) is 9.06. The van der Waals surface area contributed by atoms with E-state index in [4.69, 9.17) is 5.11 Å². The van der Waals surface area contributed by atoms with E-state index >= 15 is 0 Å². The van der Waals surface area contributed by atoms with Gasteiger partial charge in [-0.05, 0) is 33.6 Å². The molecule has 4 heteroatoms. The molecule has 0 aromatic carbocycles. The Hall–Kier alpha value is -1.45. The van der Waals surface area contributed by atoms with Gasteiger partial charge in [0.15, 0.2) is 0 Å². The van der Waals surface area contributed by atoms with Crippen LogP contribution in [-0.4, -0.2) is 21.0 Å². The van der Waals surface area contributed by atoms with Gasteiger partial charge in [-0.25, -0.2) is 9.97 Å². The Labute approximate surface area is 101 Å². The number of carboxylic acids is 1. The molecular formula is C13H18N2O2. The molecule has 0 aliphatic heterocycles. The van der Waals surface area contributed by atoms with Crippen molar-refractivity contribution >= 4 is 5.97 Å². The van der Waals surface area contributed by atoms with Gasteiger partial charge in [0, 0.05) is 22.9 Å². The molecule has 1 fully saturated rings. The van der Waals surface area contributed by atoms with Crippen LogP contribution in [0.5, 0.6) is 0 Å². The van der Waals surface area contributed by atoms with Gasteiger partial charge in [-0.15, -0.1) is 0 Å². The molecule has 0 amide bonds. The van der Waals surface area contributed by atoms with Gasteiger partial charge >= 0.3 is 5.97 Å². The van der Waals surface area contributed by atoms with Crippen molar-refractivity contribution in [2.24, 2.45) is 0 Å². The molecule has 17 heavy (non-hydrogen) atoms. The van der Waals surface area contributed by atoms with Gasteiger partial charge in [0.05, 0.1) is 5.92 Å². The zero-order valence-electron chi connectivity index (χ0n) is 10.5. The predicted octanol–water partition coefficient (Wildman–Crippen LogP) is 2.55. The number of hydrogen-bond acceptors (Lipinski definition) is 3. The first-order chi connectivity index (χ1) is 8.00. The van der Waals surface area contributed by atoms with Crippen molar-refractivity contribution in [3.05, 3.63) is 22.8 Å². The highest BCUT2D eigenvalue weighted by Crippen LogP contribution is 2.35. The van der Waals surface area contributed by atoms with Gasteiger partial charge < -0.3 is 5.11 Å². The van der Waals surface area contributed by atoms with Gasteiger partial charge in [0.1, 0.15) is 5.82 Å². The third-order valence-corrected chi connectivity index (χ3v) is 3.62. The first-order valence-corrected chi connectivity index (χ1v) is 6.08. The van der Waals surface area contributed by atoms with Crippen LogP contribution in [0.2, 0.25) is 0 Å². The average Bonchev–Trinajstić information content (AvgIpc) is 2.13. The number of nitrogens with zero attached hydrogens (tertiary/aromatic N) is 2. The average molecular weight is 234 g/mol. The lowest BCUT2D eigenvalue weighted by atomic mass is 9.84. The third kappa shape index (κ3) is 2.16. The summed E-state index contributed by atoms with van der Waals surface area (Å²) in [6, 6.07) is 0. The molecule has 1 aliphatic rings. The lowest BCUT2D eigenvalue weighted by Gasteiger charge is -2.25. The van der Waals surface area contributed by atoms with Gasteiger partial charge in [-0.1, -0.05) is 6.42 Å². The van der Waals surface area contributed by atoms with Gasteiger partial charge in [0.25, 0.3) is 0 Å². The predicted molar refractivity (Wildman–Crippen MR) is 64.1 cm³/mol. The maximum Gasteiger partial charge on any atom is 0.310 e. The molecule has 1 aromatic rings. The van der Waals surface area contributed by atoms with Crippen LogP contribution >= 0.6 is 0 Å². The Balaban J connectivity index is 2.38. The van der Waals surface area contributed by atoms with Crippen molar-refractivity contribution in [3.63, 3.8) is 0 Å². The van der Waals surface area contributed by atoms with Crippen LogP contribution in [-0.2, 0) is 4.79 Å². The van der Waals surface area contributed by atoms with Crippen molar-refractivity contribution in [2.45, 2.75) is 51.9 Å². The van der Waals surface area contributed by atoms with E-state index in [1.54, 1.807) is 6.92 Å². The Morgan fingerprint density at radius 2 is 1.82 bits per heavy atom. The highest BCUT2D eigenvalue weighted by atomic mass is 16.4. The van der Waals surface area contributed by atoms with E-state index in [9.17, 15) is 4.79 Å². The van der Waals surface area contributed by atoms with Gasteiger partial charge in [0.2, 0.25) is 0 Å². The van der Waals surface area contributed by atoms with Crippen LogP contribution in [0.25, 0.3) is 0 Å². The zero-order valence-corrected chi connectivity index (χ0v) is 10.5. The van der Waals surface area contributed by atoms with Crippen molar-refractivity contribution in [3.8, 4) is 0 Å². The summed E-state index contributed by atoms with van der Waals surface area (Å²) in [5.74, 6) is 0.0239. The molecular weight excluding hydrogens is 216 g/mol. The maximum atomic E-state index is 11.0. The molecule has 1 heterocycles. The summed E-state index contributed by atoms with van der Waals surface area (Å²) >= 11 is 0. The summed E-state index contributed by atoms with van der Waals surface area (Å²) in [7, 11) is 0. The Morgan fingerprint density at radius 3 is 2.18 bits per heavy atom. The second kappa shape index (κ2) is 4.43. The Bertz CT molecular complexity index is 430. The number of aryl methyl sites for hydroxylation is 2. The molecule has 1 aromatic heterocycles. The molecule has 1 N–H and O–H groups in total. The molecule has 2 rings (SSSR count). The van der Waals surface area contributed by atoms with Crippen molar-refractivity contribution in [1.29, 1.82) is 0 Å². The summed E-state index contributed by atoms with van der Waals surface area (Å²) in [5.41, 5.74) is 2.39. The molecule has 0 radical (unpaired) electrons. The Morgan fingerprint density at radius 1 is 1.29 bits per heavy atom. The van der Waals surface area contributed by atoms with Crippen LogP contribution in [0.3, 0.4) is 0 Å². The quantitative estimate of drug-likeness (QED) is 0.873. The SMILES string of the molecule is Cc1nc(C2CCC2)nc(C)c1C(C)C(=O)O.